The van der Waals surface area contributed by atoms with Gasteiger partial charge in [-0.25, -0.2) is 0 Å². The van der Waals surface area contributed by atoms with Crippen molar-refractivity contribution in [1.82, 2.24) is 5.32 Å². The number of hydrogen-bond acceptors (Lipinski definition) is 3. The van der Waals surface area contributed by atoms with E-state index in [0.29, 0.717) is 0 Å². The number of rotatable bonds is 6. The molecule has 2 rings (SSSR count). The highest BCUT2D eigenvalue weighted by molar-refractivity contribution is 5.83. The Morgan fingerprint density at radius 1 is 1.08 bits per heavy atom. The van der Waals surface area contributed by atoms with Gasteiger partial charge in [-0.3, -0.25) is 9.59 Å². The largest absolute Gasteiger partial charge is 0.453 e. The lowest BCUT2D eigenvalue weighted by Gasteiger charge is -2.20. The lowest BCUT2D eigenvalue weighted by Crippen LogP contribution is -2.41. The zero-order chi connectivity index (χ0) is 17.4. The maximum atomic E-state index is 12.2. The molecule has 1 aliphatic carbocycles. The molecule has 1 aromatic rings. The summed E-state index contributed by atoms with van der Waals surface area (Å²) in [5.41, 5.74) is 1.10. The molecule has 0 saturated heterocycles. The second kappa shape index (κ2) is 9.45. The van der Waals surface area contributed by atoms with Crippen LogP contribution in [0.2, 0.25) is 0 Å². The highest BCUT2D eigenvalue weighted by Gasteiger charge is 2.22. The number of carbonyl (C=O) groups is 2. The molecule has 0 spiro atoms. The predicted molar refractivity (Wildman–Crippen MR) is 94.7 cm³/mol. The molecule has 1 aliphatic rings. The minimum atomic E-state index is -0.733. The van der Waals surface area contributed by atoms with Gasteiger partial charge in [0, 0.05) is 6.04 Å². The van der Waals surface area contributed by atoms with E-state index in [1.54, 1.807) is 6.92 Å². The minimum Gasteiger partial charge on any atom is -0.453 e. The average molecular weight is 331 g/mol. The van der Waals surface area contributed by atoms with Gasteiger partial charge in [0.2, 0.25) is 0 Å². The number of benzene rings is 1. The molecule has 1 amide bonds. The molecule has 0 aromatic heterocycles. The first-order valence-electron chi connectivity index (χ1n) is 9.11. The quantitative estimate of drug-likeness (QED) is 0.634. The van der Waals surface area contributed by atoms with Crippen LogP contribution in [0, 0.1) is 0 Å². The van der Waals surface area contributed by atoms with Gasteiger partial charge in [0.15, 0.2) is 6.10 Å². The number of ether oxygens (including phenoxy) is 1. The molecule has 0 radical (unpaired) electrons. The lowest BCUT2D eigenvalue weighted by molar-refractivity contribution is -0.155. The predicted octanol–water partition coefficient (Wildman–Crippen LogP) is 3.95. The topological polar surface area (TPSA) is 55.4 Å². The van der Waals surface area contributed by atoms with Crippen molar-refractivity contribution in [1.29, 1.82) is 0 Å². The Labute approximate surface area is 145 Å². The van der Waals surface area contributed by atoms with Crippen molar-refractivity contribution in [3.63, 3.8) is 0 Å². The number of carbonyl (C=O) groups excluding carboxylic acids is 2. The second-order valence-corrected chi connectivity index (χ2v) is 6.85. The van der Waals surface area contributed by atoms with Crippen LogP contribution in [0.25, 0.3) is 0 Å². The van der Waals surface area contributed by atoms with Crippen molar-refractivity contribution in [3.05, 3.63) is 35.9 Å². The van der Waals surface area contributed by atoms with Gasteiger partial charge in [-0.05, 0) is 31.2 Å². The molecule has 1 aromatic carbocycles. The fourth-order valence-corrected chi connectivity index (χ4v) is 3.19. The third-order valence-corrected chi connectivity index (χ3v) is 4.72. The Hall–Kier alpha value is -1.84. The van der Waals surface area contributed by atoms with Crippen molar-refractivity contribution < 1.29 is 14.3 Å². The summed E-state index contributed by atoms with van der Waals surface area (Å²) in [6.07, 6.45) is 6.41. The summed E-state index contributed by atoms with van der Waals surface area (Å²) in [7, 11) is 0. The van der Waals surface area contributed by atoms with E-state index in [2.05, 4.69) is 5.32 Å². The second-order valence-electron chi connectivity index (χ2n) is 6.85. The van der Waals surface area contributed by atoms with Crippen molar-refractivity contribution in [2.45, 2.75) is 76.9 Å². The summed E-state index contributed by atoms with van der Waals surface area (Å²) in [6.45, 7) is 3.64. The standard InChI is InChI=1S/C20H29NO3/c1-15(17-10-6-5-7-11-17)14-19(22)24-16(2)20(23)21-18-12-8-3-4-9-13-18/h5-7,10-11,15-16,18H,3-4,8-9,12-14H2,1-2H3,(H,21,23)/t15-,16+/m0/s1. The molecule has 0 bridgehead atoms. The van der Waals surface area contributed by atoms with Crippen molar-refractivity contribution in [3.8, 4) is 0 Å². The first-order valence-corrected chi connectivity index (χ1v) is 9.11. The fraction of sp³-hybridized carbons (Fsp3) is 0.600. The number of amides is 1. The van der Waals surface area contributed by atoms with E-state index in [1.165, 1.54) is 12.8 Å². The Morgan fingerprint density at radius 3 is 2.33 bits per heavy atom. The van der Waals surface area contributed by atoms with Gasteiger partial charge in [-0.2, -0.15) is 0 Å². The van der Waals surface area contributed by atoms with Crippen molar-refractivity contribution in [2.75, 3.05) is 0 Å². The van der Waals surface area contributed by atoms with E-state index in [1.807, 2.05) is 37.3 Å². The summed E-state index contributed by atoms with van der Waals surface area (Å²) in [6, 6.07) is 10.1. The molecule has 4 nitrogen and oxygen atoms in total. The number of esters is 1. The van der Waals surface area contributed by atoms with Crippen LogP contribution in [-0.2, 0) is 14.3 Å². The van der Waals surface area contributed by atoms with Crippen LogP contribution in [0.15, 0.2) is 30.3 Å². The molecule has 4 heteroatoms. The third kappa shape index (κ3) is 5.99. The van der Waals surface area contributed by atoms with Crippen LogP contribution < -0.4 is 5.32 Å². The average Bonchev–Trinajstić information content (AvgIpc) is 2.84. The maximum absolute atomic E-state index is 12.2. The first-order chi connectivity index (χ1) is 11.6. The van der Waals surface area contributed by atoms with Crippen LogP contribution in [0.5, 0.6) is 0 Å². The molecular weight excluding hydrogens is 302 g/mol. The number of nitrogens with one attached hydrogen (secondary N) is 1. The molecule has 132 valence electrons. The van der Waals surface area contributed by atoms with Gasteiger partial charge in [-0.1, -0.05) is 62.9 Å². The Kier molecular flexibility index (Phi) is 7.29. The summed E-state index contributed by atoms with van der Waals surface area (Å²) < 4.78 is 5.33. The molecule has 1 fully saturated rings. The molecule has 2 atom stereocenters. The van der Waals surface area contributed by atoms with Gasteiger partial charge < -0.3 is 10.1 Å². The van der Waals surface area contributed by atoms with E-state index >= 15 is 0 Å². The number of hydrogen-bond donors (Lipinski definition) is 1. The molecule has 1 N–H and O–H groups in total. The molecule has 1 saturated carbocycles. The molecule has 0 heterocycles. The fourth-order valence-electron chi connectivity index (χ4n) is 3.19. The van der Waals surface area contributed by atoms with Gasteiger partial charge in [0.1, 0.15) is 0 Å². The summed E-state index contributed by atoms with van der Waals surface area (Å²) in [5.74, 6) is -0.423. The lowest BCUT2D eigenvalue weighted by atomic mass is 9.98. The Balaban J connectivity index is 1.76. The van der Waals surface area contributed by atoms with Gasteiger partial charge >= 0.3 is 5.97 Å². The Morgan fingerprint density at radius 2 is 1.71 bits per heavy atom. The summed E-state index contributed by atoms with van der Waals surface area (Å²) >= 11 is 0. The highest BCUT2D eigenvalue weighted by atomic mass is 16.5. The van der Waals surface area contributed by atoms with E-state index < -0.39 is 6.10 Å². The highest BCUT2D eigenvalue weighted by Crippen LogP contribution is 2.20. The van der Waals surface area contributed by atoms with Crippen LogP contribution in [0.4, 0.5) is 0 Å². The summed E-state index contributed by atoms with van der Waals surface area (Å²) in [4.78, 5) is 24.3. The minimum absolute atomic E-state index is 0.0795. The van der Waals surface area contributed by atoms with Crippen LogP contribution in [-0.4, -0.2) is 24.0 Å². The van der Waals surface area contributed by atoms with Crippen LogP contribution >= 0.6 is 0 Å². The van der Waals surface area contributed by atoms with Crippen LogP contribution in [0.3, 0.4) is 0 Å². The van der Waals surface area contributed by atoms with Gasteiger partial charge in [0.05, 0.1) is 6.42 Å². The van der Waals surface area contributed by atoms with Crippen molar-refractivity contribution >= 4 is 11.9 Å². The molecular formula is C20H29NO3. The first kappa shape index (κ1) is 18.5. The van der Waals surface area contributed by atoms with Gasteiger partial charge in [-0.15, -0.1) is 0 Å². The molecule has 0 aliphatic heterocycles. The zero-order valence-electron chi connectivity index (χ0n) is 14.8. The zero-order valence-corrected chi connectivity index (χ0v) is 14.8. The normalized spacial score (nSPS) is 18.2. The molecule has 0 unspecified atom stereocenters. The smallest absolute Gasteiger partial charge is 0.307 e. The monoisotopic (exact) mass is 331 g/mol. The van der Waals surface area contributed by atoms with E-state index in [0.717, 1.165) is 31.2 Å². The van der Waals surface area contributed by atoms with Gasteiger partial charge in [0.25, 0.3) is 5.91 Å². The van der Waals surface area contributed by atoms with E-state index in [4.69, 9.17) is 4.74 Å². The van der Waals surface area contributed by atoms with E-state index in [-0.39, 0.29) is 30.3 Å². The van der Waals surface area contributed by atoms with E-state index in [9.17, 15) is 9.59 Å². The van der Waals surface area contributed by atoms with Crippen LogP contribution in [0.1, 0.15) is 70.3 Å². The SMILES string of the molecule is C[C@@H](OC(=O)C[C@H](C)c1ccccc1)C(=O)NC1CCCCCC1. The van der Waals surface area contributed by atoms with Crippen molar-refractivity contribution in [2.24, 2.45) is 0 Å². The maximum Gasteiger partial charge on any atom is 0.307 e. The molecule has 24 heavy (non-hydrogen) atoms. The summed E-state index contributed by atoms with van der Waals surface area (Å²) in [5, 5.41) is 3.03. The Bertz CT molecular complexity index is 521. The third-order valence-electron chi connectivity index (χ3n) is 4.72.